The Bertz CT molecular complexity index is 1130. The van der Waals surface area contributed by atoms with Gasteiger partial charge in [0.15, 0.2) is 11.9 Å². The fourth-order valence-electron chi connectivity index (χ4n) is 3.73. The van der Waals surface area contributed by atoms with Gasteiger partial charge in [0.25, 0.3) is 0 Å². The number of nitrogens with zero attached hydrogens (tertiary/aromatic N) is 4. The summed E-state index contributed by atoms with van der Waals surface area (Å²) in [7, 11) is 0. The summed E-state index contributed by atoms with van der Waals surface area (Å²) in [5.41, 5.74) is 23.4. The molecule has 0 spiro atoms. The van der Waals surface area contributed by atoms with Gasteiger partial charge in [-0.2, -0.15) is 9.98 Å². The summed E-state index contributed by atoms with van der Waals surface area (Å²) in [6.07, 6.45) is 0. The lowest BCUT2D eigenvalue weighted by Gasteiger charge is -2.30. The molecule has 2 rings (SSSR count). The maximum absolute atomic E-state index is 8.68. The van der Waals surface area contributed by atoms with Crippen molar-refractivity contribution in [2.45, 2.75) is 27.7 Å². The molecule has 42 heavy (non-hydrogen) atoms. The van der Waals surface area contributed by atoms with Gasteiger partial charge in [-0.3, -0.25) is 10.8 Å². The summed E-state index contributed by atoms with van der Waals surface area (Å²) < 4.78 is 23.1. The van der Waals surface area contributed by atoms with E-state index in [0.717, 1.165) is 0 Å². The summed E-state index contributed by atoms with van der Waals surface area (Å²) in [6.45, 7) is 15.3. The lowest BCUT2D eigenvalue weighted by molar-refractivity contribution is 0.331. The number of benzene rings is 2. The molecule has 0 radical (unpaired) electrons. The predicted octanol–water partition coefficient (Wildman–Crippen LogP) is 2.81. The molecule has 0 aliphatic rings. The van der Waals surface area contributed by atoms with Crippen LogP contribution in [-0.2, 0) is 0 Å². The summed E-state index contributed by atoms with van der Waals surface area (Å²) in [6, 6.07) is 10.5. The SMILES string of the molecule is C=C.CCOc1ccc(OCC)c(N(CCN(C(=N)N=C(N)N)c2cc(OCC)ccc2OCC)C(=N)N=C(N)N)c1. The van der Waals surface area contributed by atoms with Crippen LogP contribution in [0.4, 0.5) is 11.4 Å². The second kappa shape index (κ2) is 18.3. The van der Waals surface area contributed by atoms with Crippen molar-refractivity contribution in [1.29, 1.82) is 10.8 Å². The Morgan fingerprint density at radius 1 is 0.643 bits per heavy atom. The molecule has 0 aliphatic heterocycles. The van der Waals surface area contributed by atoms with Crippen LogP contribution < -0.4 is 51.7 Å². The van der Waals surface area contributed by atoms with Crippen LogP contribution in [0.25, 0.3) is 0 Å². The molecule has 0 saturated carbocycles. The number of hydrogen-bond acceptors (Lipinski definition) is 6. The average molecular weight is 585 g/mol. The number of anilines is 2. The van der Waals surface area contributed by atoms with Crippen molar-refractivity contribution in [2.24, 2.45) is 32.9 Å². The predicted molar refractivity (Wildman–Crippen MR) is 171 cm³/mol. The molecule has 0 aliphatic carbocycles. The Labute approximate surface area is 247 Å². The second-order valence-electron chi connectivity index (χ2n) is 8.01. The van der Waals surface area contributed by atoms with Gasteiger partial charge in [-0.05, 0) is 52.0 Å². The fourth-order valence-corrected chi connectivity index (χ4v) is 3.73. The van der Waals surface area contributed by atoms with E-state index in [4.69, 9.17) is 52.7 Å². The third kappa shape index (κ3) is 10.4. The van der Waals surface area contributed by atoms with Gasteiger partial charge >= 0.3 is 0 Å². The summed E-state index contributed by atoms with van der Waals surface area (Å²) in [4.78, 5) is 11.0. The Kier molecular flexibility index (Phi) is 15.2. The van der Waals surface area contributed by atoms with Gasteiger partial charge in [0.1, 0.15) is 23.0 Å². The number of nitrogens with two attached hydrogens (primary N) is 4. The van der Waals surface area contributed by atoms with Crippen molar-refractivity contribution in [2.75, 3.05) is 49.3 Å². The minimum absolute atomic E-state index is 0.0953. The Balaban J connectivity index is 0.00000431. The lowest BCUT2D eigenvalue weighted by atomic mass is 10.2. The standard InChI is InChI=1S/C26H40N10O4.C2H4/c1-5-37-17-9-11-21(39-7-3)19(15-17)35(25(31)33-23(27)28)13-14-36(26(32)34-24(29)30)20-16-18(38-6-2)10-12-22(20)40-8-4;1-2/h9-12,15-16H,5-8,13-14H2,1-4H3,(H5,27,28,31,33)(H5,29,30,32,34);1-2H2. The van der Waals surface area contributed by atoms with E-state index in [0.29, 0.717) is 60.8 Å². The molecule has 0 atom stereocenters. The number of aliphatic imine (C=N–C) groups is 2. The maximum atomic E-state index is 8.68. The third-order valence-electron chi connectivity index (χ3n) is 5.19. The molecular weight excluding hydrogens is 540 g/mol. The Morgan fingerprint density at radius 2 is 0.976 bits per heavy atom. The fraction of sp³-hybridized carbons (Fsp3) is 0.357. The van der Waals surface area contributed by atoms with E-state index in [1.807, 2.05) is 27.7 Å². The van der Waals surface area contributed by atoms with Gasteiger partial charge in [-0.15, -0.1) is 13.2 Å². The summed E-state index contributed by atoms with van der Waals surface area (Å²) >= 11 is 0. The van der Waals surface area contributed by atoms with Crippen molar-refractivity contribution in [1.82, 2.24) is 0 Å². The lowest BCUT2D eigenvalue weighted by Crippen LogP contribution is -2.42. The Hall–Kier alpha value is -5.14. The van der Waals surface area contributed by atoms with E-state index in [1.54, 1.807) is 36.4 Å². The Morgan fingerprint density at radius 3 is 1.26 bits per heavy atom. The van der Waals surface area contributed by atoms with Crippen LogP contribution in [0.1, 0.15) is 27.7 Å². The molecular formula is C28H44N10O4. The minimum Gasteiger partial charge on any atom is -0.494 e. The molecule has 230 valence electrons. The average Bonchev–Trinajstić information content (AvgIpc) is 2.94. The molecule has 14 heteroatoms. The zero-order valence-electron chi connectivity index (χ0n) is 24.9. The number of rotatable bonds is 13. The van der Waals surface area contributed by atoms with Crippen LogP contribution in [0.3, 0.4) is 0 Å². The van der Waals surface area contributed by atoms with E-state index in [2.05, 4.69) is 23.1 Å². The van der Waals surface area contributed by atoms with E-state index >= 15 is 0 Å². The highest BCUT2D eigenvalue weighted by molar-refractivity contribution is 6.04. The van der Waals surface area contributed by atoms with Crippen molar-refractivity contribution in [3.05, 3.63) is 49.6 Å². The van der Waals surface area contributed by atoms with Gasteiger partial charge in [0.05, 0.1) is 37.8 Å². The molecule has 2 aromatic carbocycles. The summed E-state index contributed by atoms with van der Waals surface area (Å²) in [5, 5.41) is 17.4. The molecule has 0 amide bonds. The van der Waals surface area contributed by atoms with E-state index in [-0.39, 0.29) is 36.9 Å². The molecule has 10 N–H and O–H groups in total. The zero-order chi connectivity index (χ0) is 31.7. The number of ether oxygens (including phenoxy) is 4. The van der Waals surface area contributed by atoms with Crippen molar-refractivity contribution in [3.8, 4) is 23.0 Å². The first-order valence-corrected chi connectivity index (χ1v) is 13.4. The smallest absolute Gasteiger partial charge is 0.225 e. The van der Waals surface area contributed by atoms with Gasteiger partial charge in [-0.25, -0.2) is 0 Å². The third-order valence-corrected chi connectivity index (χ3v) is 5.19. The molecule has 0 aromatic heterocycles. The first-order chi connectivity index (χ1) is 20.1. The van der Waals surface area contributed by atoms with Crippen LogP contribution in [0.5, 0.6) is 23.0 Å². The van der Waals surface area contributed by atoms with Crippen molar-refractivity contribution < 1.29 is 18.9 Å². The number of nitrogens with one attached hydrogen (secondary N) is 2. The topological polar surface area (TPSA) is 220 Å². The molecule has 0 fully saturated rings. The molecule has 0 heterocycles. The first kappa shape index (κ1) is 34.9. The van der Waals surface area contributed by atoms with Gasteiger partial charge in [0, 0.05) is 25.2 Å². The van der Waals surface area contributed by atoms with E-state index in [1.165, 1.54) is 9.80 Å². The van der Waals surface area contributed by atoms with Gasteiger partial charge in [-0.1, -0.05) is 0 Å². The van der Waals surface area contributed by atoms with E-state index in [9.17, 15) is 0 Å². The zero-order valence-corrected chi connectivity index (χ0v) is 24.9. The van der Waals surface area contributed by atoms with Crippen LogP contribution in [-0.4, -0.2) is 63.4 Å². The van der Waals surface area contributed by atoms with Gasteiger partial charge < -0.3 is 51.7 Å². The van der Waals surface area contributed by atoms with Crippen LogP contribution >= 0.6 is 0 Å². The highest BCUT2D eigenvalue weighted by Crippen LogP contribution is 2.35. The normalized spacial score (nSPS) is 9.81. The molecule has 14 nitrogen and oxygen atoms in total. The van der Waals surface area contributed by atoms with Crippen molar-refractivity contribution >= 4 is 35.2 Å². The molecule has 0 bridgehead atoms. The van der Waals surface area contributed by atoms with Crippen molar-refractivity contribution in [3.63, 3.8) is 0 Å². The molecule has 0 saturated heterocycles. The number of guanidine groups is 4. The maximum Gasteiger partial charge on any atom is 0.225 e. The minimum atomic E-state index is -0.290. The molecule has 2 aromatic rings. The van der Waals surface area contributed by atoms with Crippen LogP contribution in [0.2, 0.25) is 0 Å². The first-order valence-electron chi connectivity index (χ1n) is 13.4. The number of hydrogen-bond donors (Lipinski definition) is 6. The second-order valence-corrected chi connectivity index (χ2v) is 8.01. The molecule has 0 unspecified atom stereocenters. The van der Waals surface area contributed by atoms with Crippen LogP contribution in [0, 0.1) is 10.8 Å². The van der Waals surface area contributed by atoms with Crippen LogP contribution in [0.15, 0.2) is 59.5 Å². The summed E-state index contributed by atoms with van der Waals surface area (Å²) in [5.74, 6) is 1.02. The quantitative estimate of drug-likeness (QED) is 0.115. The van der Waals surface area contributed by atoms with E-state index < -0.39 is 0 Å². The highest BCUT2D eigenvalue weighted by Gasteiger charge is 2.23. The highest BCUT2D eigenvalue weighted by atomic mass is 16.5. The monoisotopic (exact) mass is 584 g/mol. The largest absolute Gasteiger partial charge is 0.494 e. The van der Waals surface area contributed by atoms with Gasteiger partial charge in [0.2, 0.25) is 11.9 Å².